The van der Waals surface area contributed by atoms with E-state index in [-0.39, 0.29) is 17.2 Å². The molecule has 1 aliphatic heterocycles. The second kappa shape index (κ2) is 7.85. The van der Waals surface area contributed by atoms with E-state index >= 15 is 0 Å². The predicted octanol–water partition coefficient (Wildman–Crippen LogP) is 1.45. The first kappa shape index (κ1) is 20.5. The van der Waals surface area contributed by atoms with E-state index in [9.17, 15) is 14.4 Å². The van der Waals surface area contributed by atoms with E-state index in [0.717, 1.165) is 0 Å². The number of hydrogen-bond donors (Lipinski definition) is 3. The molecule has 1 saturated heterocycles. The molecule has 4 N–H and O–H groups in total. The van der Waals surface area contributed by atoms with Crippen LogP contribution in [0.1, 0.15) is 39.3 Å². The summed E-state index contributed by atoms with van der Waals surface area (Å²) in [4.78, 5) is 40.2. The number of anilines is 2. The second-order valence-electron chi connectivity index (χ2n) is 7.83. The maximum atomic E-state index is 12.9. The molecular formula is C19H28N4O4. The highest BCUT2D eigenvalue weighted by Crippen LogP contribution is 2.34. The van der Waals surface area contributed by atoms with Crippen molar-refractivity contribution in [3.8, 4) is 0 Å². The van der Waals surface area contributed by atoms with Gasteiger partial charge in [-0.05, 0) is 46.6 Å². The summed E-state index contributed by atoms with van der Waals surface area (Å²) in [5.41, 5.74) is 6.76. The summed E-state index contributed by atoms with van der Waals surface area (Å²) in [7, 11) is 0. The number of aromatic nitrogens is 1. The van der Waals surface area contributed by atoms with Gasteiger partial charge in [-0.1, -0.05) is 6.58 Å². The number of esters is 1. The smallest absolute Gasteiger partial charge is 0.329 e. The van der Waals surface area contributed by atoms with Gasteiger partial charge in [0, 0.05) is 23.9 Å². The molecular weight excluding hydrogens is 348 g/mol. The van der Waals surface area contributed by atoms with E-state index in [1.807, 2.05) is 4.90 Å². The van der Waals surface area contributed by atoms with Crippen LogP contribution in [0.5, 0.6) is 0 Å². The topological polar surface area (TPSA) is 118 Å². The fourth-order valence-electron chi connectivity index (χ4n) is 3.28. The van der Waals surface area contributed by atoms with Gasteiger partial charge in [0.1, 0.15) is 17.3 Å². The first-order valence-electron chi connectivity index (χ1n) is 8.91. The largest absolute Gasteiger partial charge is 0.458 e. The number of nitrogens with two attached hydrogens (primary N) is 1. The Morgan fingerprint density at radius 1 is 1.48 bits per heavy atom. The van der Waals surface area contributed by atoms with Crippen LogP contribution in [0.25, 0.3) is 0 Å². The number of piperidine rings is 1. The van der Waals surface area contributed by atoms with E-state index in [1.54, 1.807) is 33.8 Å². The Labute approximate surface area is 158 Å². The molecule has 0 aliphatic carbocycles. The SMILES string of the molecule is C=C(NC=O)C1CCN(c2cc(C)[nH]c(=O)c2N)C(C(=O)OC(C)(C)C)C1. The molecule has 0 aromatic carbocycles. The van der Waals surface area contributed by atoms with Gasteiger partial charge in [-0.15, -0.1) is 0 Å². The highest BCUT2D eigenvalue weighted by Gasteiger charge is 2.38. The quantitative estimate of drug-likeness (QED) is 0.529. The Balaban J connectivity index is 2.40. The Hall–Kier alpha value is -2.77. The normalized spacial score (nSPS) is 20.1. The number of carbonyl (C=O) groups is 2. The molecule has 1 aromatic rings. The molecule has 0 bridgehead atoms. The third kappa shape index (κ3) is 4.90. The van der Waals surface area contributed by atoms with Crippen LogP contribution in [0.3, 0.4) is 0 Å². The van der Waals surface area contributed by atoms with E-state index < -0.39 is 17.6 Å². The zero-order chi connectivity index (χ0) is 20.4. The fraction of sp³-hybridized carbons (Fsp3) is 0.526. The van der Waals surface area contributed by atoms with E-state index in [4.69, 9.17) is 10.5 Å². The number of carbonyl (C=O) groups excluding carboxylic acids is 2. The minimum atomic E-state index is -0.649. The van der Waals surface area contributed by atoms with Crippen LogP contribution < -0.4 is 21.5 Å². The standard InChI is InChI=1S/C19H28N4O4/c1-11-8-14(16(20)17(25)22-11)23-7-6-13(12(2)21-10-24)9-15(23)18(26)27-19(3,4)5/h8,10,13,15H,2,6-7,9,20H2,1,3-5H3,(H,21,24)(H,22,25). The van der Waals surface area contributed by atoms with Crippen molar-refractivity contribution in [3.63, 3.8) is 0 Å². The number of aryl methyl sites for hydroxylation is 1. The summed E-state index contributed by atoms with van der Waals surface area (Å²) >= 11 is 0. The molecule has 2 rings (SSSR count). The molecule has 8 nitrogen and oxygen atoms in total. The monoisotopic (exact) mass is 376 g/mol. The van der Waals surface area contributed by atoms with Gasteiger partial charge in [-0.25, -0.2) is 4.79 Å². The number of nitrogens with one attached hydrogen (secondary N) is 2. The van der Waals surface area contributed by atoms with Gasteiger partial charge in [-0.3, -0.25) is 9.59 Å². The van der Waals surface area contributed by atoms with Crippen LogP contribution in [0.4, 0.5) is 11.4 Å². The van der Waals surface area contributed by atoms with Gasteiger partial charge in [0.25, 0.3) is 5.56 Å². The number of hydrogen-bond acceptors (Lipinski definition) is 6. The summed E-state index contributed by atoms with van der Waals surface area (Å²) in [6.45, 7) is 11.5. The summed E-state index contributed by atoms with van der Waals surface area (Å²) in [6.07, 6.45) is 1.64. The van der Waals surface area contributed by atoms with Crippen molar-refractivity contribution >= 4 is 23.8 Å². The van der Waals surface area contributed by atoms with E-state index in [2.05, 4.69) is 16.9 Å². The summed E-state index contributed by atoms with van der Waals surface area (Å²) < 4.78 is 5.59. The molecule has 1 amide bonds. The van der Waals surface area contributed by atoms with E-state index in [1.165, 1.54) is 0 Å². The zero-order valence-electron chi connectivity index (χ0n) is 16.3. The molecule has 0 saturated carbocycles. The number of allylic oxidation sites excluding steroid dienone is 1. The van der Waals surface area contributed by atoms with E-state index in [0.29, 0.717) is 42.9 Å². The van der Waals surface area contributed by atoms with Gasteiger partial charge in [0.05, 0.1) is 5.69 Å². The first-order valence-corrected chi connectivity index (χ1v) is 8.91. The average Bonchev–Trinajstić information content (AvgIpc) is 2.56. The molecule has 1 aliphatic rings. The third-order valence-electron chi connectivity index (χ3n) is 4.51. The van der Waals surface area contributed by atoms with Crippen molar-refractivity contribution in [2.45, 2.75) is 52.2 Å². The lowest BCUT2D eigenvalue weighted by Crippen LogP contribution is -2.51. The molecule has 0 radical (unpaired) electrons. The molecule has 0 spiro atoms. The lowest BCUT2D eigenvalue weighted by Gasteiger charge is -2.41. The lowest BCUT2D eigenvalue weighted by atomic mass is 9.88. The predicted molar refractivity (Wildman–Crippen MR) is 104 cm³/mol. The highest BCUT2D eigenvalue weighted by atomic mass is 16.6. The minimum Gasteiger partial charge on any atom is -0.458 e. The van der Waals surface area contributed by atoms with Crippen molar-refractivity contribution in [1.29, 1.82) is 0 Å². The van der Waals surface area contributed by atoms with Crippen LogP contribution in [-0.4, -0.2) is 35.6 Å². The number of pyridine rings is 1. The zero-order valence-corrected chi connectivity index (χ0v) is 16.3. The van der Waals surface area contributed by atoms with Crippen LogP contribution in [0, 0.1) is 12.8 Å². The number of ether oxygens (including phenoxy) is 1. The summed E-state index contributed by atoms with van der Waals surface area (Å²) in [6, 6.07) is 1.11. The van der Waals surface area contributed by atoms with Crippen molar-refractivity contribution in [3.05, 3.63) is 34.4 Å². The van der Waals surface area contributed by atoms with Crippen LogP contribution >= 0.6 is 0 Å². The van der Waals surface area contributed by atoms with Crippen molar-refractivity contribution in [2.75, 3.05) is 17.2 Å². The molecule has 2 unspecified atom stereocenters. The van der Waals surface area contributed by atoms with Crippen LogP contribution in [0.2, 0.25) is 0 Å². The molecule has 2 atom stereocenters. The maximum Gasteiger partial charge on any atom is 0.329 e. The van der Waals surface area contributed by atoms with Gasteiger partial charge < -0.3 is 25.7 Å². The molecule has 2 heterocycles. The lowest BCUT2D eigenvalue weighted by molar-refractivity contribution is -0.157. The number of H-pyrrole nitrogens is 1. The third-order valence-corrected chi connectivity index (χ3v) is 4.51. The first-order chi connectivity index (χ1) is 12.5. The van der Waals surface area contributed by atoms with Crippen molar-refractivity contribution < 1.29 is 14.3 Å². The van der Waals surface area contributed by atoms with Crippen molar-refractivity contribution in [2.24, 2.45) is 5.92 Å². The number of nitrogen functional groups attached to an aromatic ring is 1. The number of aromatic amines is 1. The summed E-state index contributed by atoms with van der Waals surface area (Å²) in [5.74, 6) is -0.475. The Kier molecular flexibility index (Phi) is 5.98. The maximum absolute atomic E-state index is 12.9. The number of nitrogens with zero attached hydrogens (tertiary/aromatic N) is 1. The van der Waals surface area contributed by atoms with Gasteiger partial charge in [-0.2, -0.15) is 0 Å². The average molecular weight is 376 g/mol. The Morgan fingerprint density at radius 3 is 2.74 bits per heavy atom. The molecule has 8 heteroatoms. The van der Waals surface area contributed by atoms with Crippen molar-refractivity contribution in [1.82, 2.24) is 10.3 Å². The highest BCUT2D eigenvalue weighted by molar-refractivity contribution is 5.83. The van der Waals surface area contributed by atoms with Crippen LogP contribution in [-0.2, 0) is 14.3 Å². The molecule has 148 valence electrons. The summed E-state index contributed by atoms with van der Waals surface area (Å²) in [5, 5.41) is 2.58. The van der Waals surface area contributed by atoms with Gasteiger partial charge in [0.2, 0.25) is 6.41 Å². The molecule has 1 aromatic heterocycles. The number of rotatable bonds is 5. The minimum absolute atomic E-state index is 0.0671. The number of amides is 1. The second-order valence-corrected chi connectivity index (χ2v) is 7.83. The Morgan fingerprint density at radius 2 is 2.15 bits per heavy atom. The van der Waals surface area contributed by atoms with Gasteiger partial charge in [0.15, 0.2) is 0 Å². The fourth-order valence-corrected chi connectivity index (χ4v) is 3.28. The van der Waals surface area contributed by atoms with Gasteiger partial charge >= 0.3 is 5.97 Å². The van der Waals surface area contributed by atoms with Crippen LogP contribution in [0.15, 0.2) is 23.1 Å². The molecule has 27 heavy (non-hydrogen) atoms. The Bertz CT molecular complexity index is 794. The molecule has 1 fully saturated rings.